The summed E-state index contributed by atoms with van der Waals surface area (Å²) in [6.07, 6.45) is 0.660. The Bertz CT molecular complexity index is 410. The maximum Gasteiger partial charge on any atom is 0.101 e. The number of nitrogens with two attached hydrogens (primary N) is 1. The summed E-state index contributed by atoms with van der Waals surface area (Å²) in [7, 11) is 0. The number of hydrogen-bond acceptors (Lipinski definition) is 4. The van der Waals surface area contributed by atoms with Gasteiger partial charge >= 0.3 is 0 Å². The zero-order valence-corrected chi connectivity index (χ0v) is 10.3. The van der Waals surface area contributed by atoms with Gasteiger partial charge in [0.1, 0.15) is 6.07 Å². The SMILES string of the molecule is CC(C)C(CCO)Nc1ccc(N)cc1C#N. The summed E-state index contributed by atoms with van der Waals surface area (Å²) < 4.78 is 0. The predicted octanol–water partition coefficient (Wildman–Crippen LogP) is 1.96. The fourth-order valence-electron chi connectivity index (χ4n) is 1.69. The van der Waals surface area contributed by atoms with Gasteiger partial charge in [0, 0.05) is 18.3 Å². The van der Waals surface area contributed by atoms with Gasteiger partial charge in [-0.1, -0.05) is 13.8 Å². The van der Waals surface area contributed by atoms with Crippen molar-refractivity contribution in [3.63, 3.8) is 0 Å². The van der Waals surface area contributed by atoms with Gasteiger partial charge in [-0.2, -0.15) is 5.26 Å². The van der Waals surface area contributed by atoms with Crippen molar-refractivity contribution in [2.24, 2.45) is 5.92 Å². The minimum absolute atomic E-state index is 0.132. The molecule has 1 rings (SSSR count). The van der Waals surface area contributed by atoms with Crippen molar-refractivity contribution in [1.82, 2.24) is 0 Å². The molecule has 0 aromatic heterocycles. The first kappa shape index (κ1) is 13.3. The number of anilines is 2. The normalized spacial score (nSPS) is 12.2. The largest absolute Gasteiger partial charge is 0.399 e. The van der Waals surface area contributed by atoms with Crippen LogP contribution >= 0.6 is 0 Å². The highest BCUT2D eigenvalue weighted by Crippen LogP contribution is 2.21. The Morgan fingerprint density at radius 1 is 1.47 bits per heavy atom. The molecule has 17 heavy (non-hydrogen) atoms. The Labute approximate surface area is 102 Å². The summed E-state index contributed by atoms with van der Waals surface area (Å²) in [5, 5.41) is 21.3. The lowest BCUT2D eigenvalue weighted by Gasteiger charge is -2.23. The number of nitrogens with zero attached hydrogens (tertiary/aromatic N) is 1. The van der Waals surface area contributed by atoms with Gasteiger partial charge in [-0.25, -0.2) is 0 Å². The topological polar surface area (TPSA) is 82.1 Å². The molecule has 92 valence electrons. The van der Waals surface area contributed by atoms with Crippen LogP contribution in [0.4, 0.5) is 11.4 Å². The number of aliphatic hydroxyl groups is 1. The number of nitrogens with one attached hydrogen (secondary N) is 1. The van der Waals surface area contributed by atoms with E-state index in [4.69, 9.17) is 16.1 Å². The van der Waals surface area contributed by atoms with Crippen LogP contribution in [0.1, 0.15) is 25.8 Å². The van der Waals surface area contributed by atoms with E-state index in [1.807, 2.05) is 0 Å². The maximum atomic E-state index is 9.03. The van der Waals surface area contributed by atoms with Gasteiger partial charge in [0.05, 0.1) is 11.3 Å². The van der Waals surface area contributed by atoms with Crippen LogP contribution in [0.25, 0.3) is 0 Å². The van der Waals surface area contributed by atoms with Crippen LogP contribution in [0.2, 0.25) is 0 Å². The molecule has 0 bridgehead atoms. The zero-order valence-electron chi connectivity index (χ0n) is 10.3. The monoisotopic (exact) mass is 233 g/mol. The van der Waals surface area contributed by atoms with Crippen LogP contribution < -0.4 is 11.1 Å². The highest BCUT2D eigenvalue weighted by Gasteiger charge is 2.14. The van der Waals surface area contributed by atoms with E-state index in [-0.39, 0.29) is 12.6 Å². The van der Waals surface area contributed by atoms with Gasteiger partial charge in [0.2, 0.25) is 0 Å². The molecule has 1 aromatic carbocycles. The van der Waals surface area contributed by atoms with Crippen LogP contribution in [0, 0.1) is 17.2 Å². The summed E-state index contributed by atoms with van der Waals surface area (Å²) in [5.41, 5.74) is 7.52. The van der Waals surface area contributed by atoms with E-state index in [1.54, 1.807) is 18.2 Å². The second-order valence-electron chi connectivity index (χ2n) is 4.42. The Balaban J connectivity index is 2.89. The lowest BCUT2D eigenvalue weighted by molar-refractivity contribution is 0.267. The molecule has 0 amide bonds. The van der Waals surface area contributed by atoms with Crippen LogP contribution in [-0.4, -0.2) is 17.8 Å². The van der Waals surface area contributed by atoms with Gasteiger partial charge < -0.3 is 16.2 Å². The lowest BCUT2D eigenvalue weighted by Crippen LogP contribution is -2.27. The van der Waals surface area contributed by atoms with Crippen molar-refractivity contribution in [3.8, 4) is 6.07 Å². The van der Waals surface area contributed by atoms with Crippen molar-refractivity contribution >= 4 is 11.4 Å². The number of benzene rings is 1. The fourth-order valence-corrected chi connectivity index (χ4v) is 1.69. The third kappa shape index (κ3) is 3.65. The van der Waals surface area contributed by atoms with Crippen LogP contribution in [0.15, 0.2) is 18.2 Å². The average Bonchev–Trinajstić information content (AvgIpc) is 2.30. The molecule has 0 saturated carbocycles. The number of nitrogen functional groups attached to an aromatic ring is 1. The summed E-state index contributed by atoms with van der Waals surface area (Å²) in [5.74, 6) is 0.381. The molecule has 0 heterocycles. The molecular weight excluding hydrogens is 214 g/mol. The molecular formula is C13H19N3O. The molecule has 1 atom stereocenters. The second-order valence-corrected chi connectivity index (χ2v) is 4.42. The highest BCUT2D eigenvalue weighted by atomic mass is 16.3. The number of rotatable bonds is 5. The Morgan fingerprint density at radius 2 is 2.18 bits per heavy atom. The predicted molar refractivity (Wildman–Crippen MR) is 69.5 cm³/mol. The molecule has 0 fully saturated rings. The molecule has 4 N–H and O–H groups in total. The van der Waals surface area contributed by atoms with E-state index in [9.17, 15) is 0 Å². The quantitative estimate of drug-likeness (QED) is 0.679. The smallest absolute Gasteiger partial charge is 0.101 e. The minimum Gasteiger partial charge on any atom is -0.399 e. The molecule has 4 nitrogen and oxygen atoms in total. The molecule has 1 unspecified atom stereocenters. The zero-order chi connectivity index (χ0) is 12.8. The van der Waals surface area contributed by atoms with Gasteiger partial charge in [-0.05, 0) is 30.5 Å². The van der Waals surface area contributed by atoms with Gasteiger partial charge in [0.15, 0.2) is 0 Å². The Kier molecular flexibility index (Phi) is 4.80. The van der Waals surface area contributed by atoms with Gasteiger partial charge in [0.25, 0.3) is 0 Å². The minimum atomic E-state index is 0.132. The molecule has 0 aliphatic rings. The first-order valence-electron chi connectivity index (χ1n) is 5.75. The van der Waals surface area contributed by atoms with Crippen molar-refractivity contribution in [1.29, 1.82) is 5.26 Å². The molecule has 1 aromatic rings. The third-order valence-electron chi connectivity index (χ3n) is 2.75. The molecule has 4 heteroatoms. The van der Waals surface area contributed by atoms with Crippen molar-refractivity contribution in [3.05, 3.63) is 23.8 Å². The van der Waals surface area contributed by atoms with Crippen LogP contribution in [0.5, 0.6) is 0 Å². The molecule has 0 spiro atoms. The number of hydrogen-bond donors (Lipinski definition) is 3. The number of nitriles is 1. The van der Waals surface area contributed by atoms with E-state index in [0.29, 0.717) is 23.6 Å². The molecule has 0 aliphatic carbocycles. The standard InChI is InChI=1S/C13H19N3O/c1-9(2)12(5-6-17)16-13-4-3-11(15)7-10(13)8-14/h3-4,7,9,12,16-17H,5-6,15H2,1-2H3. The highest BCUT2D eigenvalue weighted by molar-refractivity contribution is 5.63. The lowest BCUT2D eigenvalue weighted by atomic mass is 10.0. The summed E-state index contributed by atoms with van der Waals surface area (Å²) >= 11 is 0. The number of aliphatic hydroxyl groups excluding tert-OH is 1. The molecule has 0 saturated heterocycles. The van der Waals surface area contributed by atoms with E-state index < -0.39 is 0 Å². The van der Waals surface area contributed by atoms with E-state index in [0.717, 1.165) is 5.69 Å². The summed E-state index contributed by atoms with van der Waals surface area (Å²) in [4.78, 5) is 0. The Hall–Kier alpha value is -1.73. The van der Waals surface area contributed by atoms with Crippen molar-refractivity contribution in [2.75, 3.05) is 17.7 Å². The fraction of sp³-hybridized carbons (Fsp3) is 0.462. The van der Waals surface area contributed by atoms with Crippen LogP contribution in [-0.2, 0) is 0 Å². The van der Waals surface area contributed by atoms with Gasteiger partial charge in [-0.15, -0.1) is 0 Å². The summed E-state index contributed by atoms with van der Waals surface area (Å²) in [6, 6.07) is 7.49. The van der Waals surface area contributed by atoms with Crippen LogP contribution in [0.3, 0.4) is 0 Å². The average molecular weight is 233 g/mol. The first-order chi connectivity index (χ1) is 8.08. The summed E-state index contributed by atoms with van der Waals surface area (Å²) in [6.45, 7) is 4.29. The molecule has 0 radical (unpaired) electrons. The third-order valence-corrected chi connectivity index (χ3v) is 2.75. The van der Waals surface area contributed by atoms with E-state index in [1.165, 1.54) is 0 Å². The van der Waals surface area contributed by atoms with E-state index in [2.05, 4.69) is 25.2 Å². The Morgan fingerprint density at radius 3 is 2.71 bits per heavy atom. The maximum absolute atomic E-state index is 9.03. The second kappa shape index (κ2) is 6.12. The van der Waals surface area contributed by atoms with Crippen molar-refractivity contribution in [2.45, 2.75) is 26.3 Å². The van der Waals surface area contributed by atoms with E-state index >= 15 is 0 Å². The first-order valence-corrected chi connectivity index (χ1v) is 5.75. The molecule has 0 aliphatic heterocycles. The van der Waals surface area contributed by atoms with Crippen molar-refractivity contribution < 1.29 is 5.11 Å². The van der Waals surface area contributed by atoms with Gasteiger partial charge in [-0.3, -0.25) is 0 Å².